The van der Waals surface area contributed by atoms with Crippen LogP contribution in [-0.2, 0) is 6.42 Å². The first-order chi connectivity index (χ1) is 10.1. The number of rotatable bonds is 3. The summed E-state index contributed by atoms with van der Waals surface area (Å²) < 4.78 is 0. The summed E-state index contributed by atoms with van der Waals surface area (Å²) in [5, 5.41) is 14.1. The molecule has 21 heavy (non-hydrogen) atoms. The molecule has 108 valence electrons. The van der Waals surface area contributed by atoms with Crippen LogP contribution < -0.4 is 10.2 Å². The van der Waals surface area contributed by atoms with Crippen LogP contribution in [0.3, 0.4) is 0 Å². The van der Waals surface area contributed by atoms with Gasteiger partial charge in [0.05, 0.1) is 10.6 Å². The van der Waals surface area contributed by atoms with Crippen molar-refractivity contribution in [3.63, 3.8) is 0 Å². The number of hydrogen-bond donors (Lipinski definition) is 1. The Balaban J connectivity index is 2.12. The summed E-state index contributed by atoms with van der Waals surface area (Å²) in [7, 11) is 1.77. The molecular formula is C16H17N3O2. The van der Waals surface area contributed by atoms with Crippen molar-refractivity contribution in [1.82, 2.24) is 0 Å². The quantitative estimate of drug-likeness (QED) is 0.689. The second-order valence-corrected chi connectivity index (χ2v) is 5.30. The number of nitro benzene ring substituents is 1. The number of benzene rings is 2. The maximum Gasteiger partial charge on any atom is 0.273 e. The second-order valence-electron chi connectivity index (χ2n) is 5.30. The average molecular weight is 283 g/mol. The van der Waals surface area contributed by atoms with Crippen molar-refractivity contribution in [2.75, 3.05) is 17.3 Å². The lowest BCUT2D eigenvalue weighted by molar-refractivity contribution is -0.384. The van der Waals surface area contributed by atoms with Crippen molar-refractivity contribution >= 4 is 22.7 Å². The van der Waals surface area contributed by atoms with Gasteiger partial charge < -0.3 is 10.2 Å². The van der Waals surface area contributed by atoms with Crippen LogP contribution in [-0.4, -0.2) is 18.0 Å². The Labute approximate surface area is 123 Å². The van der Waals surface area contributed by atoms with Crippen molar-refractivity contribution in [2.45, 2.75) is 19.4 Å². The molecule has 0 aromatic heterocycles. The van der Waals surface area contributed by atoms with E-state index in [-0.39, 0.29) is 16.7 Å². The Bertz CT molecular complexity index is 700. The molecule has 1 heterocycles. The average Bonchev–Trinajstić information content (AvgIpc) is 2.82. The van der Waals surface area contributed by atoms with Crippen LogP contribution in [0.1, 0.15) is 12.5 Å². The third kappa shape index (κ3) is 2.31. The van der Waals surface area contributed by atoms with Gasteiger partial charge in [-0.3, -0.25) is 10.1 Å². The smallest absolute Gasteiger partial charge is 0.273 e. The maximum atomic E-state index is 11.1. The van der Waals surface area contributed by atoms with E-state index in [0.717, 1.165) is 23.5 Å². The van der Waals surface area contributed by atoms with Gasteiger partial charge in [-0.15, -0.1) is 0 Å². The van der Waals surface area contributed by atoms with Gasteiger partial charge >= 0.3 is 0 Å². The lowest BCUT2D eigenvalue weighted by Gasteiger charge is -2.25. The second kappa shape index (κ2) is 5.09. The van der Waals surface area contributed by atoms with Crippen molar-refractivity contribution in [1.29, 1.82) is 0 Å². The SMILES string of the molecule is CNc1cc(N2c3ccccc3CC2C)cc([N+](=O)[O-])c1. The lowest BCUT2D eigenvalue weighted by Crippen LogP contribution is -2.24. The van der Waals surface area contributed by atoms with Gasteiger partial charge in [0.1, 0.15) is 0 Å². The fourth-order valence-corrected chi connectivity index (χ4v) is 2.94. The molecule has 1 aliphatic heterocycles. The van der Waals surface area contributed by atoms with Crippen LogP contribution >= 0.6 is 0 Å². The minimum absolute atomic E-state index is 0.105. The van der Waals surface area contributed by atoms with Crippen LogP contribution in [0.2, 0.25) is 0 Å². The molecule has 3 rings (SSSR count). The first-order valence-corrected chi connectivity index (χ1v) is 6.94. The highest BCUT2D eigenvalue weighted by molar-refractivity contribution is 5.75. The number of fused-ring (bicyclic) bond motifs is 1. The molecule has 1 atom stereocenters. The first-order valence-electron chi connectivity index (χ1n) is 6.94. The van der Waals surface area contributed by atoms with Crippen LogP contribution in [0.25, 0.3) is 0 Å². The number of para-hydroxylation sites is 1. The normalized spacial score (nSPS) is 16.7. The molecule has 0 bridgehead atoms. The molecular weight excluding hydrogens is 266 g/mol. The Kier molecular flexibility index (Phi) is 3.25. The van der Waals surface area contributed by atoms with E-state index in [2.05, 4.69) is 29.3 Å². The molecule has 1 aliphatic rings. The number of nitrogens with zero attached hydrogens (tertiary/aromatic N) is 2. The summed E-state index contributed by atoms with van der Waals surface area (Å²) in [5.41, 5.74) is 4.12. The lowest BCUT2D eigenvalue weighted by atomic mass is 10.1. The van der Waals surface area contributed by atoms with Crippen LogP contribution in [0, 0.1) is 10.1 Å². The fraction of sp³-hybridized carbons (Fsp3) is 0.250. The van der Waals surface area contributed by atoms with Gasteiger partial charge in [0.2, 0.25) is 0 Å². The highest BCUT2D eigenvalue weighted by Gasteiger charge is 2.28. The Morgan fingerprint density at radius 2 is 2.05 bits per heavy atom. The monoisotopic (exact) mass is 283 g/mol. The maximum absolute atomic E-state index is 11.1. The molecule has 0 amide bonds. The van der Waals surface area contributed by atoms with Gasteiger partial charge in [-0.1, -0.05) is 18.2 Å². The van der Waals surface area contributed by atoms with Crippen LogP contribution in [0.5, 0.6) is 0 Å². The van der Waals surface area contributed by atoms with Gasteiger partial charge in [0, 0.05) is 36.6 Å². The molecule has 2 aromatic carbocycles. The zero-order valence-corrected chi connectivity index (χ0v) is 12.0. The third-order valence-corrected chi connectivity index (χ3v) is 3.89. The molecule has 0 saturated heterocycles. The Hall–Kier alpha value is -2.56. The molecule has 0 spiro atoms. The van der Waals surface area contributed by atoms with Gasteiger partial charge in [0.15, 0.2) is 0 Å². The van der Waals surface area contributed by atoms with E-state index in [1.807, 2.05) is 18.2 Å². The molecule has 0 radical (unpaired) electrons. The fourth-order valence-electron chi connectivity index (χ4n) is 2.94. The van der Waals surface area contributed by atoms with E-state index in [4.69, 9.17) is 0 Å². The van der Waals surface area contributed by atoms with Gasteiger partial charge in [-0.05, 0) is 31.0 Å². The predicted octanol–water partition coefficient (Wildman–Crippen LogP) is 3.72. The van der Waals surface area contributed by atoms with Gasteiger partial charge in [-0.2, -0.15) is 0 Å². The molecule has 1 unspecified atom stereocenters. The molecule has 0 aliphatic carbocycles. The number of hydrogen-bond acceptors (Lipinski definition) is 4. The summed E-state index contributed by atoms with van der Waals surface area (Å²) in [6, 6.07) is 13.6. The van der Waals surface area contributed by atoms with Crippen molar-refractivity contribution in [3.8, 4) is 0 Å². The molecule has 5 heteroatoms. The molecule has 0 saturated carbocycles. The molecule has 2 aromatic rings. The number of nitro groups is 1. The Morgan fingerprint density at radius 3 is 2.76 bits per heavy atom. The minimum Gasteiger partial charge on any atom is -0.388 e. The number of anilines is 3. The van der Waals surface area contributed by atoms with Gasteiger partial charge in [0.25, 0.3) is 5.69 Å². The van der Waals surface area contributed by atoms with Crippen LogP contribution in [0.4, 0.5) is 22.7 Å². The standard InChI is InChI=1S/C16H17N3O2/c1-11-7-12-5-3-4-6-16(12)18(11)14-8-13(17-2)9-15(10-14)19(20)21/h3-6,8-11,17H,7H2,1-2H3. The summed E-state index contributed by atoms with van der Waals surface area (Å²) in [5.74, 6) is 0. The Morgan fingerprint density at radius 1 is 1.29 bits per heavy atom. The molecule has 0 fully saturated rings. The first kappa shape index (κ1) is 13.4. The zero-order valence-electron chi connectivity index (χ0n) is 12.0. The summed E-state index contributed by atoms with van der Waals surface area (Å²) >= 11 is 0. The van der Waals surface area contributed by atoms with E-state index in [0.29, 0.717) is 0 Å². The molecule has 1 N–H and O–H groups in total. The third-order valence-electron chi connectivity index (χ3n) is 3.89. The van der Waals surface area contributed by atoms with E-state index < -0.39 is 0 Å². The summed E-state index contributed by atoms with van der Waals surface area (Å²) in [6.07, 6.45) is 0.952. The van der Waals surface area contributed by atoms with E-state index in [1.54, 1.807) is 19.2 Å². The number of non-ortho nitro benzene ring substituents is 1. The highest BCUT2D eigenvalue weighted by Crippen LogP contribution is 2.40. The van der Waals surface area contributed by atoms with Crippen molar-refractivity contribution in [2.24, 2.45) is 0 Å². The van der Waals surface area contributed by atoms with Crippen molar-refractivity contribution in [3.05, 3.63) is 58.1 Å². The molecule has 5 nitrogen and oxygen atoms in total. The van der Waals surface area contributed by atoms with E-state index >= 15 is 0 Å². The van der Waals surface area contributed by atoms with E-state index in [9.17, 15) is 10.1 Å². The minimum atomic E-state index is -0.350. The largest absolute Gasteiger partial charge is 0.388 e. The topological polar surface area (TPSA) is 58.4 Å². The zero-order chi connectivity index (χ0) is 15.0. The summed E-state index contributed by atoms with van der Waals surface area (Å²) in [6.45, 7) is 2.14. The number of nitrogens with one attached hydrogen (secondary N) is 1. The predicted molar refractivity (Wildman–Crippen MR) is 84.4 cm³/mol. The van der Waals surface area contributed by atoms with Crippen LogP contribution in [0.15, 0.2) is 42.5 Å². The van der Waals surface area contributed by atoms with Gasteiger partial charge in [-0.25, -0.2) is 0 Å². The highest BCUT2D eigenvalue weighted by atomic mass is 16.6. The van der Waals surface area contributed by atoms with E-state index in [1.165, 1.54) is 5.56 Å². The van der Waals surface area contributed by atoms with Crippen molar-refractivity contribution < 1.29 is 4.92 Å². The summed E-state index contributed by atoms with van der Waals surface area (Å²) in [4.78, 5) is 12.9.